The molecule has 156 valence electrons. The fraction of sp³-hybridized carbons (Fsp3) is 0.619. The van der Waals surface area contributed by atoms with Crippen LogP contribution in [0.4, 0.5) is 5.95 Å². The van der Waals surface area contributed by atoms with E-state index in [-0.39, 0.29) is 36.1 Å². The number of hydrogen-bond acceptors (Lipinski definition) is 6. The highest BCUT2D eigenvalue weighted by Crippen LogP contribution is 2.54. The molecule has 3 saturated heterocycles. The minimum Gasteiger partial charge on any atom is -0.396 e. The Bertz CT molecular complexity index is 944. The first-order chi connectivity index (χ1) is 14.1. The molecule has 8 heteroatoms. The van der Waals surface area contributed by atoms with Crippen molar-refractivity contribution < 1.29 is 19.4 Å². The number of amides is 1. The molecule has 8 nitrogen and oxygen atoms in total. The van der Waals surface area contributed by atoms with Crippen molar-refractivity contribution in [3.63, 3.8) is 0 Å². The van der Waals surface area contributed by atoms with Gasteiger partial charge in [-0.05, 0) is 31.0 Å². The first kappa shape index (κ1) is 18.8. The van der Waals surface area contributed by atoms with Crippen molar-refractivity contribution in [2.45, 2.75) is 24.5 Å². The Kier molecular flexibility index (Phi) is 4.53. The minimum atomic E-state index is -0.249. The van der Waals surface area contributed by atoms with Crippen LogP contribution in [0.2, 0.25) is 0 Å². The number of aliphatic hydroxyl groups excluding tert-OH is 1. The quantitative estimate of drug-likeness (QED) is 0.710. The molecule has 2 aromatic rings. The molecule has 4 atom stereocenters. The third-order valence-electron chi connectivity index (χ3n) is 7.00. The summed E-state index contributed by atoms with van der Waals surface area (Å²) in [5.41, 5.74) is 2.16. The van der Waals surface area contributed by atoms with Crippen molar-refractivity contribution in [2.24, 2.45) is 18.9 Å². The zero-order valence-corrected chi connectivity index (χ0v) is 16.9. The van der Waals surface area contributed by atoms with Crippen LogP contribution in [0.5, 0.6) is 0 Å². The van der Waals surface area contributed by atoms with Crippen LogP contribution in [-0.4, -0.2) is 77.1 Å². The van der Waals surface area contributed by atoms with Gasteiger partial charge >= 0.3 is 0 Å². The summed E-state index contributed by atoms with van der Waals surface area (Å²) in [4.78, 5) is 19.8. The van der Waals surface area contributed by atoms with Gasteiger partial charge in [0.25, 0.3) is 5.91 Å². The number of likely N-dealkylation sites (tertiary alicyclic amines) is 1. The number of nitrogens with one attached hydrogen (secondary N) is 1. The number of nitrogens with zero attached hydrogens (tertiary/aromatic N) is 3. The lowest BCUT2D eigenvalue weighted by atomic mass is 9.74. The van der Waals surface area contributed by atoms with E-state index in [1.165, 1.54) is 0 Å². The highest BCUT2D eigenvalue weighted by molar-refractivity contribution is 5.98. The molecule has 3 aliphatic rings. The summed E-state index contributed by atoms with van der Waals surface area (Å²) in [5, 5.41) is 13.0. The van der Waals surface area contributed by atoms with Gasteiger partial charge in [0.2, 0.25) is 5.95 Å². The van der Waals surface area contributed by atoms with Crippen LogP contribution in [0.3, 0.4) is 0 Å². The van der Waals surface area contributed by atoms with Crippen LogP contribution in [-0.2, 0) is 16.5 Å². The SMILES string of the molecule is COCCNc1nc2cc(C(=O)N3C[C@H]4[C@@H](CO)[C@@H]5CC[C@@]4(C3)O5)ccc2n1C. The molecule has 3 aliphatic heterocycles. The molecule has 2 bridgehead atoms. The number of hydrogen-bond donors (Lipinski definition) is 2. The predicted molar refractivity (Wildman–Crippen MR) is 108 cm³/mol. The number of carbonyl (C=O) groups excluding carboxylic acids is 1. The molecule has 1 aromatic carbocycles. The van der Waals surface area contributed by atoms with Gasteiger partial charge in [-0.15, -0.1) is 0 Å². The Morgan fingerprint density at radius 2 is 2.34 bits per heavy atom. The fourth-order valence-electron chi connectivity index (χ4n) is 5.53. The summed E-state index contributed by atoms with van der Waals surface area (Å²) < 4.78 is 13.3. The number of benzene rings is 1. The van der Waals surface area contributed by atoms with Gasteiger partial charge in [0.05, 0.1) is 35.9 Å². The Balaban J connectivity index is 1.36. The van der Waals surface area contributed by atoms with Crippen molar-refractivity contribution in [1.82, 2.24) is 14.5 Å². The average molecular weight is 400 g/mol. The van der Waals surface area contributed by atoms with E-state index < -0.39 is 0 Å². The summed E-state index contributed by atoms with van der Waals surface area (Å²) in [5.74, 6) is 1.16. The smallest absolute Gasteiger partial charge is 0.254 e. The van der Waals surface area contributed by atoms with Crippen LogP contribution < -0.4 is 5.32 Å². The number of fused-ring (bicyclic) bond motifs is 2. The van der Waals surface area contributed by atoms with E-state index in [0.717, 1.165) is 29.8 Å². The van der Waals surface area contributed by atoms with Crippen LogP contribution in [0.1, 0.15) is 23.2 Å². The van der Waals surface area contributed by atoms with Crippen molar-refractivity contribution >= 4 is 22.9 Å². The lowest BCUT2D eigenvalue weighted by Gasteiger charge is -2.27. The van der Waals surface area contributed by atoms with Gasteiger partial charge in [0, 0.05) is 51.3 Å². The van der Waals surface area contributed by atoms with Crippen molar-refractivity contribution in [3.05, 3.63) is 23.8 Å². The molecule has 3 fully saturated rings. The van der Waals surface area contributed by atoms with Crippen molar-refractivity contribution in [1.29, 1.82) is 0 Å². The number of aromatic nitrogens is 2. The average Bonchev–Trinajstić information content (AvgIpc) is 3.45. The molecule has 1 aromatic heterocycles. The lowest BCUT2D eigenvalue weighted by molar-refractivity contribution is 0.00154. The zero-order valence-electron chi connectivity index (χ0n) is 16.9. The van der Waals surface area contributed by atoms with Gasteiger partial charge in [-0.25, -0.2) is 4.98 Å². The predicted octanol–water partition coefficient (Wildman–Crippen LogP) is 1.24. The molecule has 0 aliphatic carbocycles. The third-order valence-corrected chi connectivity index (χ3v) is 7.00. The molecule has 1 amide bonds. The summed E-state index contributed by atoms with van der Waals surface area (Å²) >= 11 is 0. The lowest BCUT2D eigenvalue weighted by Crippen LogP contribution is -2.38. The largest absolute Gasteiger partial charge is 0.396 e. The second-order valence-corrected chi connectivity index (χ2v) is 8.52. The summed E-state index contributed by atoms with van der Waals surface area (Å²) in [6, 6.07) is 5.69. The number of aryl methyl sites for hydroxylation is 1. The van der Waals surface area contributed by atoms with Gasteiger partial charge in [-0.1, -0.05) is 0 Å². The number of aliphatic hydroxyl groups is 1. The summed E-state index contributed by atoms with van der Waals surface area (Å²) in [6.45, 7) is 2.68. The normalized spacial score (nSPS) is 30.3. The number of methoxy groups -OCH3 is 1. The van der Waals surface area contributed by atoms with E-state index in [4.69, 9.17) is 9.47 Å². The van der Waals surface area contributed by atoms with E-state index >= 15 is 0 Å². The maximum atomic E-state index is 13.2. The van der Waals surface area contributed by atoms with E-state index in [0.29, 0.717) is 31.8 Å². The molecular weight excluding hydrogens is 372 g/mol. The van der Waals surface area contributed by atoms with E-state index in [1.54, 1.807) is 7.11 Å². The van der Waals surface area contributed by atoms with E-state index in [2.05, 4.69) is 10.3 Å². The van der Waals surface area contributed by atoms with Crippen LogP contribution in [0, 0.1) is 11.8 Å². The molecule has 0 unspecified atom stereocenters. The second kappa shape index (κ2) is 6.97. The summed E-state index contributed by atoms with van der Waals surface area (Å²) in [7, 11) is 3.62. The Morgan fingerprint density at radius 1 is 1.48 bits per heavy atom. The molecule has 29 heavy (non-hydrogen) atoms. The summed E-state index contributed by atoms with van der Waals surface area (Å²) in [6.07, 6.45) is 2.14. The van der Waals surface area contributed by atoms with Crippen molar-refractivity contribution in [3.8, 4) is 0 Å². The molecule has 0 radical (unpaired) electrons. The van der Waals surface area contributed by atoms with Gasteiger partial charge in [-0.2, -0.15) is 0 Å². The molecular formula is C21H28N4O4. The highest BCUT2D eigenvalue weighted by atomic mass is 16.5. The minimum absolute atomic E-state index is 0.0129. The Hall–Kier alpha value is -2.16. The van der Waals surface area contributed by atoms with Gasteiger partial charge in [0.1, 0.15) is 0 Å². The van der Waals surface area contributed by atoms with Crippen LogP contribution in [0.25, 0.3) is 11.0 Å². The first-order valence-corrected chi connectivity index (χ1v) is 10.3. The zero-order chi connectivity index (χ0) is 20.2. The standard InChI is InChI=1S/C21H28N4O4/c1-24-17-4-3-13(9-16(17)23-20(24)22-7-8-28-2)19(27)25-10-15-14(11-26)18-5-6-21(15,12-25)29-18/h3-4,9,14-15,18,26H,5-8,10-12H2,1-2H3,(H,22,23)/t14-,15+,18+,21+/m1/s1. The third kappa shape index (κ3) is 2.85. The molecule has 2 N–H and O–H groups in total. The van der Waals surface area contributed by atoms with Gasteiger partial charge < -0.3 is 29.4 Å². The number of imidazole rings is 1. The number of anilines is 1. The van der Waals surface area contributed by atoms with E-state index in [1.807, 2.05) is 34.7 Å². The Morgan fingerprint density at radius 3 is 3.14 bits per heavy atom. The topological polar surface area (TPSA) is 88.8 Å². The second-order valence-electron chi connectivity index (χ2n) is 8.52. The fourth-order valence-corrected chi connectivity index (χ4v) is 5.53. The Labute approximate surface area is 169 Å². The molecule has 1 spiro atoms. The van der Waals surface area contributed by atoms with Gasteiger partial charge in [0.15, 0.2) is 0 Å². The first-order valence-electron chi connectivity index (χ1n) is 10.3. The monoisotopic (exact) mass is 400 g/mol. The number of carbonyl (C=O) groups is 1. The molecule has 0 saturated carbocycles. The highest BCUT2D eigenvalue weighted by Gasteiger charge is 2.63. The van der Waals surface area contributed by atoms with Gasteiger partial charge in [-0.3, -0.25) is 4.79 Å². The van der Waals surface area contributed by atoms with Crippen LogP contribution in [0.15, 0.2) is 18.2 Å². The molecule has 5 rings (SSSR count). The van der Waals surface area contributed by atoms with Crippen LogP contribution >= 0.6 is 0 Å². The van der Waals surface area contributed by atoms with E-state index in [9.17, 15) is 9.90 Å². The maximum Gasteiger partial charge on any atom is 0.254 e. The molecule has 4 heterocycles. The maximum absolute atomic E-state index is 13.2. The number of rotatable bonds is 6. The number of ether oxygens (including phenoxy) is 2. The van der Waals surface area contributed by atoms with Crippen molar-refractivity contribution in [2.75, 3.05) is 45.3 Å².